The van der Waals surface area contributed by atoms with Crippen LogP contribution >= 0.6 is 0 Å². The van der Waals surface area contributed by atoms with E-state index in [1.165, 1.54) is 0 Å². The molecule has 0 bridgehead atoms. The molecule has 0 spiro atoms. The Morgan fingerprint density at radius 1 is 0.861 bits per heavy atom. The van der Waals surface area contributed by atoms with E-state index in [-0.39, 0.29) is 0 Å². The van der Waals surface area contributed by atoms with E-state index in [0.29, 0.717) is 6.61 Å². The molecule has 0 aliphatic rings. The van der Waals surface area contributed by atoms with Crippen LogP contribution in [0.4, 0.5) is 0 Å². The molecule has 0 aliphatic heterocycles. The highest BCUT2D eigenvalue weighted by atomic mass is 16.5. The molecule has 1 aromatic carbocycles. The van der Waals surface area contributed by atoms with E-state index in [0.717, 1.165) is 67.9 Å². The predicted octanol–water partition coefficient (Wildman–Crippen LogP) is 5.17. The minimum atomic E-state index is 0.600. The third-order valence-corrected chi connectivity index (χ3v) is 6.18. The van der Waals surface area contributed by atoms with Crippen molar-refractivity contribution >= 4 is 21.9 Å². The Kier molecular flexibility index (Phi) is 5.63. The van der Waals surface area contributed by atoms with Crippen LogP contribution in [0.1, 0.15) is 0 Å². The van der Waals surface area contributed by atoms with Gasteiger partial charge in [0.15, 0.2) is 5.65 Å². The highest BCUT2D eigenvalue weighted by molar-refractivity contribution is 6.01. The molecule has 6 aromatic rings. The molecule has 8 heteroatoms. The zero-order chi connectivity index (χ0) is 24.5. The first-order valence-electron chi connectivity index (χ1n) is 11.8. The SMILES string of the molecule is CN(C)CCOc1cncc(-c2cnc3[nH]nc(-c4cc5c(-c6ccncc6)cccc5[nH]4)c3c2)c1. The summed E-state index contributed by atoms with van der Waals surface area (Å²) in [5.74, 6) is 0.737. The van der Waals surface area contributed by atoms with Gasteiger partial charge >= 0.3 is 0 Å². The van der Waals surface area contributed by atoms with E-state index in [1.807, 2.05) is 57.1 Å². The van der Waals surface area contributed by atoms with Crippen molar-refractivity contribution in [2.75, 3.05) is 27.2 Å². The first kappa shape index (κ1) is 21.9. The molecule has 0 amide bonds. The fourth-order valence-electron chi connectivity index (χ4n) is 4.33. The second-order valence-electron chi connectivity index (χ2n) is 8.94. The number of H-pyrrole nitrogens is 2. The minimum Gasteiger partial charge on any atom is -0.491 e. The number of aromatic amines is 2. The zero-order valence-electron chi connectivity index (χ0n) is 20.1. The number of ether oxygens (including phenoxy) is 1. The number of likely N-dealkylation sites (N-methyl/N-ethyl adjacent to an activating group) is 1. The van der Waals surface area contributed by atoms with E-state index in [2.05, 4.69) is 65.4 Å². The van der Waals surface area contributed by atoms with Crippen molar-refractivity contribution in [3.8, 4) is 39.4 Å². The minimum absolute atomic E-state index is 0.600. The zero-order valence-corrected chi connectivity index (χ0v) is 20.1. The number of hydrogen-bond donors (Lipinski definition) is 2. The van der Waals surface area contributed by atoms with Crippen LogP contribution in [0.25, 0.3) is 55.6 Å². The molecule has 36 heavy (non-hydrogen) atoms. The van der Waals surface area contributed by atoms with Crippen molar-refractivity contribution in [3.05, 3.63) is 79.5 Å². The van der Waals surface area contributed by atoms with E-state index in [1.54, 1.807) is 6.20 Å². The van der Waals surface area contributed by atoms with Gasteiger partial charge in [0.05, 0.1) is 11.9 Å². The standard InChI is InChI=1S/C28H25N7O/c1-35(2)10-11-36-21-12-19(15-30-17-21)20-13-24-27(33-34-28(24)31-16-20)26-14-23-22(4-3-5-25(23)32-26)18-6-8-29-9-7-18/h3-9,12-17,32H,10-11H2,1-2H3,(H,31,33,34). The van der Waals surface area contributed by atoms with Gasteiger partial charge in [-0.3, -0.25) is 15.1 Å². The average Bonchev–Trinajstić information content (AvgIpc) is 3.53. The van der Waals surface area contributed by atoms with Gasteiger partial charge in [-0.1, -0.05) is 12.1 Å². The Bertz CT molecular complexity index is 1650. The Morgan fingerprint density at radius 2 is 1.72 bits per heavy atom. The largest absolute Gasteiger partial charge is 0.491 e. The Labute approximate surface area is 208 Å². The van der Waals surface area contributed by atoms with Gasteiger partial charge < -0.3 is 14.6 Å². The first-order chi connectivity index (χ1) is 17.7. The lowest BCUT2D eigenvalue weighted by Crippen LogP contribution is -2.19. The molecular formula is C28H25N7O. The lowest BCUT2D eigenvalue weighted by molar-refractivity contribution is 0.261. The Balaban J connectivity index is 1.38. The van der Waals surface area contributed by atoms with Crippen LogP contribution in [0.3, 0.4) is 0 Å². The molecule has 8 nitrogen and oxygen atoms in total. The van der Waals surface area contributed by atoms with Gasteiger partial charge in [0.1, 0.15) is 18.1 Å². The van der Waals surface area contributed by atoms with Crippen molar-refractivity contribution in [3.63, 3.8) is 0 Å². The van der Waals surface area contributed by atoms with Crippen LogP contribution in [0, 0.1) is 0 Å². The van der Waals surface area contributed by atoms with Crippen molar-refractivity contribution in [2.24, 2.45) is 0 Å². The molecular weight excluding hydrogens is 450 g/mol. The average molecular weight is 476 g/mol. The predicted molar refractivity (Wildman–Crippen MR) is 142 cm³/mol. The number of nitrogens with zero attached hydrogens (tertiary/aromatic N) is 5. The van der Waals surface area contributed by atoms with Crippen molar-refractivity contribution in [1.29, 1.82) is 0 Å². The molecule has 178 valence electrons. The molecule has 5 aromatic heterocycles. The third kappa shape index (κ3) is 4.18. The summed E-state index contributed by atoms with van der Waals surface area (Å²) in [4.78, 5) is 18.8. The van der Waals surface area contributed by atoms with Crippen molar-refractivity contribution < 1.29 is 4.74 Å². The van der Waals surface area contributed by atoms with E-state index in [9.17, 15) is 0 Å². The van der Waals surface area contributed by atoms with Crippen molar-refractivity contribution in [2.45, 2.75) is 0 Å². The number of nitrogens with one attached hydrogen (secondary N) is 2. The second-order valence-corrected chi connectivity index (χ2v) is 8.94. The number of hydrogen-bond acceptors (Lipinski definition) is 6. The van der Waals surface area contributed by atoms with Crippen LogP contribution in [0.5, 0.6) is 5.75 Å². The fourth-order valence-corrected chi connectivity index (χ4v) is 4.33. The summed E-state index contributed by atoms with van der Waals surface area (Å²) in [6.07, 6.45) is 9.02. The summed E-state index contributed by atoms with van der Waals surface area (Å²) in [6.45, 7) is 1.44. The van der Waals surface area contributed by atoms with Gasteiger partial charge in [0, 0.05) is 58.7 Å². The molecule has 0 unspecified atom stereocenters. The smallest absolute Gasteiger partial charge is 0.155 e. The summed E-state index contributed by atoms with van der Waals surface area (Å²) >= 11 is 0. The summed E-state index contributed by atoms with van der Waals surface area (Å²) in [7, 11) is 4.04. The fraction of sp³-hybridized carbons (Fsp3) is 0.143. The maximum absolute atomic E-state index is 5.87. The number of fused-ring (bicyclic) bond motifs is 2. The van der Waals surface area contributed by atoms with Crippen LogP contribution < -0.4 is 4.74 Å². The normalized spacial score (nSPS) is 11.5. The van der Waals surface area contributed by atoms with Crippen LogP contribution in [-0.2, 0) is 0 Å². The van der Waals surface area contributed by atoms with E-state index < -0.39 is 0 Å². The van der Waals surface area contributed by atoms with Gasteiger partial charge in [-0.05, 0) is 61.6 Å². The summed E-state index contributed by atoms with van der Waals surface area (Å²) < 4.78 is 5.87. The molecule has 6 rings (SSSR count). The van der Waals surface area contributed by atoms with Gasteiger partial charge in [-0.25, -0.2) is 4.98 Å². The van der Waals surface area contributed by atoms with Gasteiger partial charge in [-0.15, -0.1) is 0 Å². The number of benzene rings is 1. The number of aromatic nitrogens is 6. The monoisotopic (exact) mass is 475 g/mol. The van der Waals surface area contributed by atoms with E-state index >= 15 is 0 Å². The molecule has 0 aliphatic carbocycles. The quantitative estimate of drug-likeness (QED) is 0.331. The van der Waals surface area contributed by atoms with Crippen LogP contribution in [0.2, 0.25) is 0 Å². The molecule has 0 radical (unpaired) electrons. The number of pyridine rings is 3. The van der Waals surface area contributed by atoms with Gasteiger partial charge in [0.25, 0.3) is 0 Å². The molecule has 0 saturated heterocycles. The second kappa shape index (κ2) is 9.24. The molecule has 0 saturated carbocycles. The summed E-state index contributed by atoms with van der Waals surface area (Å²) in [5.41, 5.74) is 7.68. The molecule has 0 atom stereocenters. The van der Waals surface area contributed by atoms with Gasteiger partial charge in [0.2, 0.25) is 0 Å². The molecule has 2 N–H and O–H groups in total. The lowest BCUT2D eigenvalue weighted by Gasteiger charge is -2.11. The maximum atomic E-state index is 5.87. The lowest BCUT2D eigenvalue weighted by atomic mass is 10.0. The highest BCUT2D eigenvalue weighted by Gasteiger charge is 2.15. The molecule has 0 fully saturated rings. The van der Waals surface area contributed by atoms with Crippen LogP contribution in [0.15, 0.2) is 79.5 Å². The first-order valence-corrected chi connectivity index (χ1v) is 11.8. The Morgan fingerprint density at radius 3 is 2.58 bits per heavy atom. The van der Waals surface area contributed by atoms with Crippen LogP contribution in [-0.4, -0.2) is 62.3 Å². The summed E-state index contributed by atoms with van der Waals surface area (Å²) in [6, 6.07) is 16.5. The van der Waals surface area contributed by atoms with E-state index in [4.69, 9.17) is 4.74 Å². The maximum Gasteiger partial charge on any atom is 0.155 e. The summed E-state index contributed by atoms with van der Waals surface area (Å²) in [5, 5.41) is 9.73. The Hall–Kier alpha value is -4.56. The highest BCUT2D eigenvalue weighted by Crippen LogP contribution is 2.34. The van der Waals surface area contributed by atoms with Gasteiger partial charge in [-0.2, -0.15) is 5.10 Å². The molecule has 5 heterocycles. The third-order valence-electron chi connectivity index (χ3n) is 6.18. The van der Waals surface area contributed by atoms with Crippen molar-refractivity contribution in [1.82, 2.24) is 35.0 Å². The number of rotatable bonds is 7. The topological polar surface area (TPSA) is 95.6 Å².